The van der Waals surface area contributed by atoms with Crippen molar-refractivity contribution in [2.75, 3.05) is 21.3 Å². The van der Waals surface area contributed by atoms with Crippen LogP contribution in [-0.2, 0) is 16.1 Å². The Morgan fingerprint density at radius 2 is 1.68 bits per heavy atom. The molecular formula is C26H24N2O6. The van der Waals surface area contributed by atoms with Gasteiger partial charge < -0.3 is 24.2 Å². The second-order valence-electron chi connectivity index (χ2n) is 7.62. The van der Waals surface area contributed by atoms with Gasteiger partial charge in [-0.1, -0.05) is 6.07 Å². The molecule has 1 N–H and O–H groups in total. The van der Waals surface area contributed by atoms with Crippen molar-refractivity contribution in [2.24, 2.45) is 0 Å². The van der Waals surface area contributed by atoms with E-state index in [-0.39, 0.29) is 17.9 Å². The maximum absolute atomic E-state index is 13.3. The third kappa shape index (κ3) is 4.17. The maximum Gasteiger partial charge on any atom is 0.295 e. The van der Waals surface area contributed by atoms with Gasteiger partial charge in [0, 0.05) is 30.1 Å². The van der Waals surface area contributed by atoms with Crippen molar-refractivity contribution in [1.82, 2.24) is 9.88 Å². The van der Waals surface area contributed by atoms with Gasteiger partial charge >= 0.3 is 0 Å². The van der Waals surface area contributed by atoms with E-state index in [9.17, 15) is 14.7 Å². The molecule has 0 radical (unpaired) electrons. The molecule has 0 bridgehead atoms. The van der Waals surface area contributed by atoms with Crippen LogP contribution in [0.25, 0.3) is 5.76 Å². The lowest BCUT2D eigenvalue weighted by atomic mass is 9.94. The summed E-state index contributed by atoms with van der Waals surface area (Å²) in [4.78, 5) is 32.0. The molecule has 4 rings (SSSR count). The van der Waals surface area contributed by atoms with Crippen LogP contribution in [0.1, 0.15) is 22.7 Å². The van der Waals surface area contributed by atoms with Gasteiger partial charge in [-0.05, 0) is 54.1 Å². The molecule has 0 aliphatic carbocycles. The molecule has 34 heavy (non-hydrogen) atoms. The van der Waals surface area contributed by atoms with Crippen LogP contribution in [0.3, 0.4) is 0 Å². The number of carbonyl (C=O) groups is 2. The summed E-state index contributed by atoms with van der Waals surface area (Å²) in [5.41, 5.74) is 1.60. The number of likely N-dealkylation sites (tertiary alicyclic amines) is 1. The predicted octanol–water partition coefficient (Wildman–Crippen LogP) is 3.73. The third-order valence-electron chi connectivity index (χ3n) is 5.71. The minimum Gasteiger partial charge on any atom is -0.507 e. The Labute approximate surface area is 197 Å². The molecule has 2 aromatic carbocycles. The van der Waals surface area contributed by atoms with Gasteiger partial charge in [0.1, 0.15) is 23.0 Å². The van der Waals surface area contributed by atoms with Crippen molar-refractivity contribution >= 4 is 17.4 Å². The number of methoxy groups -OCH3 is 3. The van der Waals surface area contributed by atoms with Crippen molar-refractivity contribution in [2.45, 2.75) is 12.6 Å². The van der Waals surface area contributed by atoms with E-state index >= 15 is 0 Å². The number of nitrogens with zero attached hydrogens (tertiary/aromatic N) is 2. The minimum absolute atomic E-state index is 0.0365. The Hall–Kier alpha value is -4.33. The number of ketones is 1. The Balaban J connectivity index is 1.92. The van der Waals surface area contributed by atoms with Crippen molar-refractivity contribution in [3.05, 3.63) is 89.3 Å². The van der Waals surface area contributed by atoms with Gasteiger partial charge in [-0.25, -0.2) is 0 Å². The first-order valence-corrected chi connectivity index (χ1v) is 10.5. The van der Waals surface area contributed by atoms with Crippen molar-refractivity contribution in [1.29, 1.82) is 0 Å². The molecule has 8 heteroatoms. The molecule has 8 nitrogen and oxygen atoms in total. The molecule has 1 aliphatic rings. The minimum atomic E-state index is -0.910. The number of pyridine rings is 1. The molecule has 174 valence electrons. The van der Waals surface area contributed by atoms with E-state index in [1.165, 1.54) is 26.2 Å². The largest absolute Gasteiger partial charge is 0.507 e. The summed E-state index contributed by atoms with van der Waals surface area (Å²) in [7, 11) is 4.56. The first-order chi connectivity index (χ1) is 16.5. The second-order valence-corrected chi connectivity index (χ2v) is 7.62. The Morgan fingerprint density at radius 1 is 0.971 bits per heavy atom. The predicted molar refractivity (Wildman–Crippen MR) is 125 cm³/mol. The fraction of sp³-hybridized carbons (Fsp3) is 0.192. The van der Waals surface area contributed by atoms with E-state index in [0.717, 1.165) is 5.56 Å². The van der Waals surface area contributed by atoms with Gasteiger partial charge in [-0.2, -0.15) is 0 Å². The van der Waals surface area contributed by atoms with Gasteiger partial charge in [-0.3, -0.25) is 14.6 Å². The molecule has 0 saturated carbocycles. The van der Waals surface area contributed by atoms with Crippen LogP contribution in [0.4, 0.5) is 0 Å². The quantitative estimate of drug-likeness (QED) is 0.326. The summed E-state index contributed by atoms with van der Waals surface area (Å²) in [5.74, 6) is -0.234. The van der Waals surface area contributed by atoms with E-state index in [1.807, 2.05) is 6.07 Å². The fourth-order valence-electron chi connectivity index (χ4n) is 4.01. The topological polar surface area (TPSA) is 98.2 Å². The summed E-state index contributed by atoms with van der Waals surface area (Å²) in [6, 6.07) is 14.4. The summed E-state index contributed by atoms with van der Waals surface area (Å²) >= 11 is 0. The normalized spacial score (nSPS) is 17.0. The molecule has 1 amide bonds. The first-order valence-electron chi connectivity index (χ1n) is 10.5. The van der Waals surface area contributed by atoms with E-state index in [1.54, 1.807) is 60.9 Å². The molecule has 1 atom stereocenters. The Morgan fingerprint density at radius 3 is 2.29 bits per heavy atom. The lowest BCUT2D eigenvalue weighted by Gasteiger charge is -2.27. The average molecular weight is 460 g/mol. The molecule has 0 unspecified atom stereocenters. The molecular weight excluding hydrogens is 436 g/mol. The summed E-state index contributed by atoms with van der Waals surface area (Å²) in [6.07, 6.45) is 3.26. The highest BCUT2D eigenvalue weighted by atomic mass is 16.5. The monoisotopic (exact) mass is 460 g/mol. The summed E-state index contributed by atoms with van der Waals surface area (Å²) < 4.78 is 16.1. The number of Topliss-reactive ketones (excluding diaryl/α,β-unsaturated/α-hetero) is 1. The third-order valence-corrected chi connectivity index (χ3v) is 5.71. The molecule has 1 saturated heterocycles. The number of rotatable bonds is 7. The zero-order valence-corrected chi connectivity index (χ0v) is 19.0. The summed E-state index contributed by atoms with van der Waals surface area (Å²) in [6.45, 7) is 0.114. The fourth-order valence-corrected chi connectivity index (χ4v) is 4.01. The van der Waals surface area contributed by atoms with Gasteiger partial charge in [0.25, 0.3) is 11.7 Å². The van der Waals surface area contributed by atoms with Crippen molar-refractivity contribution < 1.29 is 28.9 Å². The zero-order chi connectivity index (χ0) is 24.2. The second kappa shape index (κ2) is 9.66. The van der Waals surface area contributed by atoms with Crippen LogP contribution >= 0.6 is 0 Å². The number of aliphatic hydroxyl groups is 1. The van der Waals surface area contributed by atoms with Gasteiger partial charge in [0.15, 0.2) is 0 Å². The van der Waals surface area contributed by atoms with Crippen LogP contribution in [0.5, 0.6) is 17.2 Å². The Bertz CT molecular complexity index is 1240. The lowest BCUT2D eigenvalue weighted by molar-refractivity contribution is -0.140. The molecule has 1 fully saturated rings. The van der Waals surface area contributed by atoms with E-state index in [2.05, 4.69) is 4.98 Å². The van der Waals surface area contributed by atoms with Crippen LogP contribution in [0, 0.1) is 0 Å². The zero-order valence-electron chi connectivity index (χ0n) is 19.0. The number of benzene rings is 2. The van der Waals surface area contributed by atoms with E-state index in [4.69, 9.17) is 14.2 Å². The molecule has 3 aromatic rings. The number of aliphatic hydroxyl groups excluding tert-OH is 1. The molecule has 0 spiro atoms. The highest BCUT2D eigenvalue weighted by Gasteiger charge is 2.47. The van der Waals surface area contributed by atoms with Crippen molar-refractivity contribution in [3.8, 4) is 17.2 Å². The highest BCUT2D eigenvalue weighted by Crippen LogP contribution is 2.44. The molecule has 1 aliphatic heterocycles. The number of carbonyl (C=O) groups excluding carboxylic acids is 2. The van der Waals surface area contributed by atoms with Crippen LogP contribution in [0.2, 0.25) is 0 Å². The van der Waals surface area contributed by atoms with Gasteiger partial charge in [0.05, 0.1) is 32.9 Å². The number of amides is 1. The van der Waals surface area contributed by atoms with E-state index < -0.39 is 17.7 Å². The molecule has 2 heterocycles. The number of hydrogen-bond acceptors (Lipinski definition) is 7. The van der Waals surface area contributed by atoms with E-state index in [0.29, 0.717) is 28.4 Å². The Kier molecular flexibility index (Phi) is 6.49. The van der Waals surface area contributed by atoms with Crippen molar-refractivity contribution in [3.63, 3.8) is 0 Å². The average Bonchev–Trinajstić information content (AvgIpc) is 3.13. The highest BCUT2D eigenvalue weighted by molar-refractivity contribution is 6.46. The first kappa shape index (κ1) is 22.8. The van der Waals surface area contributed by atoms with Crippen LogP contribution < -0.4 is 14.2 Å². The SMILES string of the molecule is COc1ccc(C(O)=C2C(=O)C(=O)N(Cc3cccnc3)[C@H]2c2cc(OC)ccc2OC)cc1. The summed E-state index contributed by atoms with van der Waals surface area (Å²) in [5, 5.41) is 11.2. The van der Waals surface area contributed by atoms with Crippen LogP contribution in [-0.4, -0.2) is 48.0 Å². The van der Waals surface area contributed by atoms with Crippen LogP contribution in [0.15, 0.2) is 72.6 Å². The van der Waals surface area contributed by atoms with Gasteiger partial charge in [-0.15, -0.1) is 0 Å². The lowest BCUT2D eigenvalue weighted by Crippen LogP contribution is -2.29. The number of aromatic nitrogens is 1. The smallest absolute Gasteiger partial charge is 0.295 e. The standard InChI is InChI=1S/C26H24N2O6/c1-32-18-8-6-17(7-9-18)24(29)22-23(20-13-19(33-2)10-11-21(20)34-3)28(26(31)25(22)30)15-16-5-4-12-27-14-16/h4-14,23,29H,15H2,1-3H3/t23-/m0/s1. The number of hydrogen-bond donors (Lipinski definition) is 1. The number of ether oxygens (including phenoxy) is 3. The van der Waals surface area contributed by atoms with Gasteiger partial charge in [0.2, 0.25) is 0 Å². The maximum atomic E-state index is 13.3. The molecule has 1 aromatic heterocycles.